The van der Waals surface area contributed by atoms with Gasteiger partial charge in [-0.25, -0.2) is 0 Å². The summed E-state index contributed by atoms with van der Waals surface area (Å²) >= 11 is 0. The van der Waals surface area contributed by atoms with Gasteiger partial charge in [-0.2, -0.15) is 0 Å². The van der Waals surface area contributed by atoms with E-state index in [1.54, 1.807) is 0 Å². The standard InChI is InChI=1S/C17H26N2/c1-14-5-7-16(8-6-14)12-19-11-15(2)18-13-17(19)9-3-4-10-17/h5-8,15,18H,3-4,9-13H2,1-2H3. The van der Waals surface area contributed by atoms with Gasteiger partial charge in [-0.3, -0.25) is 4.90 Å². The molecule has 1 N–H and O–H groups in total. The summed E-state index contributed by atoms with van der Waals surface area (Å²) in [5, 5.41) is 3.70. The molecule has 0 bridgehead atoms. The molecule has 1 saturated heterocycles. The molecule has 19 heavy (non-hydrogen) atoms. The van der Waals surface area contributed by atoms with Crippen LogP contribution < -0.4 is 5.32 Å². The van der Waals surface area contributed by atoms with Crippen molar-refractivity contribution in [3.05, 3.63) is 35.4 Å². The van der Waals surface area contributed by atoms with Crippen LogP contribution in [-0.2, 0) is 6.54 Å². The lowest BCUT2D eigenvalue weighted by Crippen LogP contribution is -2.62. The highest BCUT2D eigenvalue weighted by Crippen LogP contribution is 2.37. The van der Waals surface area contributed by atoms with Crippen LogP contribution >= 0.6 is 0 Å². The molecule has 0 amide bonds. The Morgan fingerprint density at radius 2 is 1.89 bits per heavy atom. The van der Waals surface area contributed by atoms with Gasteiger partial charge in [-0.15, -0.1) is 0 Å². The summed E-state index contributed by atoms with van der Waals surface area (Å²) < 4.78 is 0. The molecule has 2 nitrogen and oxygen atoms in total. The zero-order valence-electron chi connectivity index (χ0n) is 12.3. The smallest absolute Gasteiger partial charge is 0.0338 e. The maximum absolute atomic E-state index is 3.70. The van der Waals surface area contributed by atoms with E-state index in [9.17, 15) is 0 Å². The summed E-state index contributed by atoms with van der Waals surface area (Å²) in [6.07, 6.45) is 5.55. The summed E-state index contributed by atoms with van der Waals surface area (Å²) in [5.41, 5.74) is 3.26. The summed E-state index contributed by atoms with van der Waals surface area (Å²) in [5.74, 6) is 0. The monoisotopic (exact) mass is 258 g/mol. The van der Waals surface area contributed by atoms with Crippen molar-refractivity contribution in [2.75, 3.05) is 13.1 Å². The highest BCUT2D eigenvalue weighted by atomic mass is 15.3. The lowest BCUT2D eigenvalue weighted by atomic mass is 9.90. The average molecular weight is 258 g/mol. The van der Waals surface area contributed by atoms with Gasteiger partial charge in [0.25, 0.3) is 0 Å². The molecular weight excluding hydrogens is 232 g/mol. The number of rotatable bonds is 2. The van der Waals surface area contributed by atoms with E-state index in [-0.39, 0.29) is 0 Å². The highest BCUT2D eigenvalue weighted by Gasteiger charge is 2.42. The van der Waals surface area contributed by atoms with Crippen LogP contribution in [0.25, 0.3) is 0 Å². The lowest BCUT2D eigenvalue weighted by Gasteiger charge is -2.48. The van der Waals surface area contributed by atoms with Crippen molar-refractivity contribution < 1.29 is 0 Å². The molecule has 1 saturated carbocycles. The maximum Gasteiger partial charge on any atom is 0.0338 e. The van der Waals surface area contributed by atoms with Crippen molar-refractivity contribution in [2.45, 2.75) is 57.7 Å². The molecule has 1 aliphatic carbocycles. The molecule has 1 atom stereocenters. The van der Waals surface area contributed by atoms with E-state index >= 15 is 0 Å². The average Bonchev–Trinajstić information content (AvgIpc) is 2.87. The van der Waals surface area contributed by atoms with E-state index in [0.717, 1.165) is 6.54 Å². The van der Waals surface area contributed by atoms with E-state index in [2.05, 4.69) is 48.3 Å². The Bertz CT molecular complexity index is 417. The van der Waals surface area contributed by atoms with Crippen LogP contribution in [0.15, 0.2) is 24.3 Å². The van der Waals surface area contributed by atoms with Crippen molar-refractivity contribution in [3.8, 4) is 0 Å². The minimum Gasteiger partial charge on any atom is -0.311 e. The minimum absolute atomic E-state index is 0.442. The van der Waals surface area contributed by atoms with Gasteiger partial charge >= 0.3 is 0 Å². The van der Waals surface area contributed by atoms with Gasteiger partial charge in [0, 0.05) is 31.2 Å². The Morgan fingerprint density at radius 3 is 2.58 bits per heavy atom. The number of nitrogens with zero attached hydrogens (tertiary/aromatic N) is 1. The van der Waals surface area contributed by atoms with Crippen molar-refractivity contribution in [1.82, 2.24) is 10.2 Å². The topological polar surface area (TPSA) is 15.3 Å². The van der Waals surface area contributed by atoms with E-state index in [1.807, 2.05) is 0 Å². The van der Waals surface area contributed by atoms with Crippen molar-refractivity contribution >= 4 is 0 Å². The number of piperazine rings is 1. The molecule has 0 aromatic heterocycles. The SMILES string of the molecule is Cc1ccc(CN2CC(C)NCC23CCCC3)cc1. The molecule has 1 aromatic rings. The predicted molar refractivity (Wildman–Crippen MR) is 80.3 cm³/mol. The van der Waals surface area contributed by atoms with Gasteiger partial charge in [0.1, 0.15) is 0 Å². The number of benzene rings is 1. The first-order valence-electron chi connectivity index (χ1n) is 7.72. The first-order valence-corrected chi connectivity index (χ1v) is 7.72. The Morgan fingerprint density at radius 1 is 1.21 bits per heavy atom. The second kappa shape index (κ2) is 5.26. The fourth-order valence-corrected chi connectivity index (χ4v) is 3.74. The first-order chi connectivity index (χ1) is 9.18. The minimum atomic E-state index is 0.442. The van der Waals surface area contributed by atoms with E-state index in [1.165, 1.54) is 49.9 Å². The Labute approximate surface area is 117 Å². The normalized spacial score (nSPS) is 26.9. The van der Waals surface area contributed by atoms with Crippen molar-refractivity contribution in [1.29, 1.82) is 0 Å². The third-order valence-corrected chi connectivity index (χ3v) is 4.97. The zero-order chi connectivity index (χ0) is 13.3. The van der Waals surface area contributed by atoms with Crippen molar-refractivity contribution in [3.63, 3.8) is 0 Å². The van der Waals surface area contributed by atoms with Crippen molar-refractivity contribution in [2.24, 2.45) is 0 Å². The molecule has 3 rings (SSSR count). The second-order valence-corrected chi connectivity index (χ2v) is 6.58. The van der Waals surface area contributed by atoms with Gasteiger partial charge in [0.05, 0.1) is 0 Å². The quantitative estimate of drug-likeness (QED) is 0.877. The summed E-state index contributed by atoms with van der Waals surface area (Å²) in [7, 11) is 0. The molecule has 1 aliphatic heterocycles. The molecule has 0 radical (unpaired) electrons. The predicted octanol–water partition coefficient (Wildman–Crippen LogP) is 3.10. The Balaban J connectivity index is 1.77. The van der Waals surface area contributed by atoms with Crippen LogP contribution in [0.5, 0.6) is 0 Å². The van der Waals surface area contributed by atoms with Gasteiger partial charge in [0.2, 0.25) is 0 Å². The molecule has 1 heterocycles. The van der Waals surface area contributed by atoms with Gasteiger partial charge in [-0.05, 0) is 32.3 Å². The number of hydrogen-bond acceptors (Lipinski definition) is 2. The third-order valence-electron chi connectivity index (χ3n) is 4.97. The largest absolute Gasteiger partial charge is 0.311 e. The van der Waals surface area contributed by atoms with Crippen LogP contribution in [-0.4, -0.2) is 29.6 Å². The van der Waals surface area contributed by atoms with Crippen LogP contribution in [0.2, 0.25) is 0 Å². The Kier molecular flexibility index (Phi) is 3.64. The van der Waals surface area contributed by atoms with Gasteiger partial charge in [0.15, 0.2) is 0 Å². The number of nitrogens with one attached hydrogen (secondary N) is 1. The van der Waals surface area contributed by atoms with Gasteiger partial charge in [-0.1, -0.05) is 42.7 Å². The third kappa shape index (κ3) is 2.70. The zero-order valence-corrected chi connectivity index (χ0v) is 12.3. The number of hydrogen-bond donors (Lipinski definition) is 1. The molecule has 2 aliphatic rings. The molecule has 1 spiro atoms. The van der Waals surface area contributed by atoms with Crippen LogP contribution in [0, 0.1) is 6.92 Å². The van der Waals surface area contributed by atoms with E-state index < -0.39 is 0 Å². The van der Waals surface area contributed by atoms with Crippen LogP contribution in [0.1, 0.15) is 43.7 Å². The molecule has 1 unspecified atom stereocenters. The molecule has 1 aromatic carbocycles. The fourth-order valence-electron chi connectivity index (χ4n) is 3.74. The highest BCUT2D eigenvalue weighted by molar-refractivity contribution is 5.22. The second-order valence-electron chi connectivity index (χ2n) is 6.58. The van der Waals surface area contributed by atoms with E-state index in [4.69, 9.17) is 0 Å². The molecule has 104 valence electrons. The summed E-state index contributed by atoms with van der Waals surface area (Å²) in [4.78, 5) is 2.76. The number of aryl methyl sites for hydroxylation is 1. The van der Waals surface area contributed by atoms with Crippen LogP contribution in [0.3, 0.4) is 0 Å². The summed E-state index contributed by atoms with van der Waals surface area (Å²) in [6.45, 7) is 7.96. The van der Waals surface area contributed by atoms with Crippen LogP contribution in [0.4, 0.5) is 0 Å². The lowest BCUT2D eigenvalue weighted by molar-refractivity contribution is 0.0393. The maximum atomic E-state index is 3.70. The fraction of sp³-hybridized carbons (Fsp3) is 0.647. The van der Waals surface area contributed by atoms with Gasteiger partial charge < -0.3 is 5.32 Å². The van der Waals surface area contributed by atoms with E-state index in [0.29, 0.717) is 11.6 Å². The molecule has 2 fully saturated rings. The molecular formula is C17H26N2. The molecule has 2 heteroatoms. The summed E-state index contributed by atoms with van der Waals surface area (Å²) in [6, 6.07) is 9.69. The Hall–Kier alpha value is -0.860. The first kappa shape index (κ1) is 13.1.